The van der Waals surface area contributed by atoms with Crippen LogP contribution in [0.4, 0.5) is 18.0 Å². The van der Waals surface area contributed by atoms with Crippen LogP contribution in [-0.2, 0) is 6.18 Å². The number of allylic oxidation sites excluding steroid dienone is 4. The van der Waals surface area contributed by atoms with Crippen LogP contribution in [0.15, 0.2) is 101 Å². The number of hydrogen-bond acceptors (Lipinski definition) is 6. The predicted molar refractivity (Wildman–Crippen MR) is 219 cm³/mol. The molecule has 0 aliphatic heterocycles. The van der Waals surface area contributed by atoms with Crippen LogP contribution in [-0.4, -0.2) is 51.8 Å². The molecule has 1 unspecified atom stereocenters. The van der Waals surface area contributed by atoms with E-state index in [9.17, 15) is 28.2 Å². The largest absolute Gasteiger partial charge is 0.453 e. The van der Waals surface area contributed by atoms with Crippen LogP contribution < -0.4 is 4.74 Å². The first-order chi connectivity index (χ1) is 28.0. The Hall–Kier alpha value is -4.38. The minimum Gasteiger partial charge on any atom is -0.453 e. The Labute approximate surface area is 346 Å². The molecule has 2 spiro atoms. The summed E-state index contributed by atoms with van der Waals surface area (Å²) in [5.74, 6) is -0.142. The van der Waals surface area contributed by atoms with Gasteiger partial charge < -0.3 is 24.3 Å². The molecule has 10 rings (SSSR count). The zero-order valence-electron chi connectivity index (χ0n) is 33.4. The molecule has 1 heterocycles. The third kappa shape index (κ3) is 5.98. The molecule has 11 heteroatoms. The molecular formula is C48H49ClF3NO6. The van der Waals surface area contributed by atoms with Crippen LogP contribution in [0.3, 0.4) is 0 Å². The fourth-order valence-corrected chi connectivity index (χ4v) is 12.7. The maximum Gasteiger partial charge on any atom is 0.416 e. The summed E-state index contributed by atoms with van der Waals surface area (Å²) in [5.41, 5.74) is -4.08. The van der Waals surface area contributed by atoms with Crippen LogP contribution in [0.1, 0.15) is 88.3 Å². The van der Waals surface area contributed by atoms with Crippen molar-refractivity contribution in [2.24, 2.45) is 33.5 Å². The number of fused-ring (bicyclic) bond motifs is 2. The molecule has 8 atom stereocenters. The van der Waals surface area contributed by atoms with E-state index in [0.717, 1.165) is 29.3 Å². The lowest BCUT2D eigenvalue weighted by Gasteiger charge is -2.71. The number of amides is 1. The molecule has 4 aromatic rings. The first kappa shape index (κ1) is 40.0. The summed E-state index contributed by atoms with van der Waals surface area (Å²) in [6.45, 7) is 6.82. The van der Waals surface area contributed by atoms with Crippen LogP contribution in [0.2, 0.25) is 5.02 Å². The second-order valence-electron chi connectivity index (χ2n) is 18.3. The van der Waals surface area contributed by atoms with E-state index < -0.39 is 45.8 Å². The number of rotatable bonds is 8. The average molecular weight is 828 g/mol. The van der Waals surface area contributed by atoms with Gasteiger partial charge in [0.05, 0.1) is 28.8 Å². The summed E-state index contributed by atoms with van der Waals surface area (Å²) >= 11 is 6.39. The van der Waals surface area contributed by atoms with Crippen molar-refractivity contribution in [3.63, 3.8) is 0 Å². The zero-order chi connectivity index (χ0) is 41.8. The topological polar surface area (TPSA) is 100 Å². The van der Waals surface area contributed by atoms with Gasteiger partial charge in [-0.25, -0.2) is 4.79 Å². The number of alkyl halides is 3. The summed E-state index contributed by atoms with van der Waals surface area (Å²) in [6.07, 6.45) is 5.65. The number of hydrogen-bond donors (Lipinski definition) is 2. The number of Topliss-reactive ketones (excluding diaryl/α,β-unsaturated/α-hetero) is 1. The van der Waals surface area contributed by atoms with Gasteiger partial charge in [-0.05, 0) is 122 Å². The SMILES string of the molecule is CCCN(C[C@]1(O)CC[C@H]2[C@]34C=C[C@@]5(C=C3C(=O)c3ccc(-c6cc(C(F)(F)F)ccc6Cl)o3)CC(O)CC[C@]5(C)[C@H]4CC[C@@]21C)C(=O)Oc1ccc2ccccc2c1. The smallest absolute Gasteiger partial charge is 0.416 e. The van der Waals surface area contributed by atoms with Gasteiger partial charge in [-0.15, -0.1) is 0 Å². The number of benzene rings is 3. The molecule has 0 radical (unpaired) electrons. The number of carbonyl (C=O) groups is 2. The third-order valence-electron chi connectivity index (χ3n) is 15.5. The van der Waals surface area contributed by atoms with Gasteiger partial charge in [-0.1, -0.05) is 80.9 Å². The van der Waals surface area contributed by atoms with Crippen LogP contribution >= 0.6 is 11.6 Å². The average Bonchev–Trinajstić information content (AvgIpc) is 3.79. The van der Waals surface area contributed by atoms with E-state index in [1.165, 1.54) is 18.2 Å². The molecule has 310 valence electrons. The second-order valence-corrected chi connectivity index (χ2v) is 18.7. The summed E-state index contributed by atoms with van der Waals surface area (Å²) in [6, 6.07) is 19.3. The van der Waals surface area contributed by atoms with Crippen LogP contribution in [0.5, 0.6) is 5.75 Å². The Balaban J connectivity index is 1.07. The van der Waals surface area contributed by atoms with Crippen LogP contribution in [0, 0.1) is 33.5 Å². The molecule has 7 nitrogen and oxygen atoms in total. The van der Waals surface area contributed by atoms with Gasteiger partial charge >= 0.3 is 12.3 Å². The van der Waals surface area contributed by atoms with Crippen molar-refractivity contribution in [3.05, 3.63) is 113 Å². The standard InChI is InChI=1S/C48H49ClF3NO6/c1-4-23-53(42(56)58-33-11-9-29-7-5-6-8-30(29)24-33)28-46(57)20-17-40-44(46,3)19-16-39-43(2)18-15-32(54)26-45(43)21-22-47(39,40)35(27-45)41(55)38-14-13-37(59-38)34-25-31(48(50,51)52)10-12-36(34)49/h5-14,21-22,24-25,27,32,39-40,54,57H,4,15-20,23,26,28H2,1-3H3/t32?,39-,40-,43-,44+,45+,46-,47-/m1/s1. The number of halogens is 4. The number of nitrogens with zero attached hydrogens (tertiary/aromatic N) is 1. The number of furan rings is 1. The van der Waals surface area contributed by atoms with E-state index in [-0.39, 0.29) is 51.7 Å². The first-order valence-corrected chi connectivity index (χ1v) is 21.2. The van der Waals surface area contributed by atoms with Crippen molar-refractivity contribution in [2.75, 3.05) is 13.1 Å². The van der Waals surface area contributed by atoms with Gasteiger partial charge in [-0.2, -0.15) is 13.2 Å². The van der Waals surface area contributed by atoms with E-state index in [0.29, 0.717) is 62.8 Å². The molecule has 6 aliphatic rings. The highest BCUT2D eigenvalue weighted by Gasteiger charge is 2.74. The Bertz CT molecular complexity index is 2420. The molecule has 2 N–H and O–H groups in total. The molecular weight excluding hydrogens is 779 g/mol. The quantitative estimate of drug-likeness (QED) is 0.136. The van der Waals surface area contributed by atoms with E-state index >= 15 is 4.79 Å². The molecule has 3 fully saturated rings. The lowest BCUT2D eigenvalue weighted by Crippen LogP contribution is -2.67. The van der Waals surface area contributed by atoms with Gasteiger partial charge in [0.15, 0.2) is 5.76 Å². The molecule has 1 amide bonds. The second kappa shape index (κ2) is 13.8. The van der Waals surface area contributed by atoms with E-state index in [1.807, 2.05) is 43.3 Å². The summed E-state index contributed by atoms with van der Waals surface area (Å²) in [4.78, 5) is 30.7. The van der Waals surface area contributed by atoms with E-state index in [4.69, 9.17) is 20.8 Å². The Kier molecular flexibility index (Phi) is 9.39. The molecule has 0 saturated heterocycles. The van der Waals surface area contributed by atoms with Crippen molar-refractivity contribution >= 4 is 34.2 Å². The van der Waals surface area contributed by atoms with E-state index in [1.54, 1.807) is 11.0 Å². The molecule has 6 aliphatic carbocycles. The molecule has 2 bridgehead atoms. The molecule has 3 aromatic carbocycles. The Morgan fingerprint density at radius 1 is 0.915 bits per heavy atom. The van der Waals surface area contributed by atoms with Gasteiger partial charge in [0, 0.05) is 33.9 Å². The maximum absolute atomic E-state index is 15.1. The minimum absolute atomic E-state index is 0.00571. The van der Waals surface area contributed by atoms with Gasteiger partial charge in [0.2, 0.25) is 5.78 Å². The monoisotopic (exact) mass is 827 g/mol. The molecule has 59 heavy (non-hydrogen) atoms. The maximum atomic E-state index is 15.1. The highest BCUT2D eigenvalue weighted by atomic mass is 35.5. The Morgan fingerprint density at radius 2 is 1.64 bits per heavy atom. The van der Waals surface area contributed by atoms with Crippen molar-refractivity contribution in [3.8, 4) is 17.1 Å². The third-order valence-corrected chi connectivity index (χ3v) is 15.8. The number of aliphatic hydroxyl groups excluding tert-OH is 1. The van der Waals surface area contributed by atoms with Crippen molar-refractivity contribution in [1.82, 2.24) is 4.90 Å². The first-order valence-electron chi connectivity index (χ1n) is 20.8. The van der Waals surface area contributed by atoms with Gasteiger partial charge in [0.25, 0.3) is 0 Å². The van der Waals surface area contributed by atoms with Crippen molar-refractivity contribution < 1.29 is 42.1 Å². The van der Waals surface area contributed by atoms with E-state index in [2.05, 4.69) is 32.1 Å². The summed E-state index contributed by atoms with van der Waals surface area (Å²) in [7, 11) is 0. The normalized spacial score (nSPS) is 33.2. The Morgan fingerprint density at radius 3 is 2.41 bits per heavy atom. The van der Waals surface area contributed by atoms with Gasteiger partial charge in [0.1, 0.15) is 11.5 Å². The van der Waals surface area contributed by atoms with Crippen LogP contribution in [0.25, 0.3) is 22.1 Å². The number of carbonyl (C=O) groups excluding carboxylic acids is 2. The fourth-order valence-electron chi connectivity index (χ4n) is 12.4. The summed E-state index contributed by atoms with van der Waals surface area (Å²) in [5, 5.41) is 26.1. The summed E-state index contributed by atoms with van der Waals surface area (Å²) < 4.78 is 53.2. The number of aliphatic hydroxyl groups is 2. The number of ketones is 1. The molecule has 1 aromatic heterocycles. The van der Waals surface area contributed by atoms with Crippen molar-refractivity contribution in [2.45, 2.75) is 90.0 Å². The van der Waals surface area contributed by atoms with Crippen molar-refractivity contribution in [1.29, 1.82) is 0 Å². The predicted octanol–water partition coefficient (Wildman–Crippen LogP) is 11.5. The molecule has 3 saturated carbocycles. The highest BCUT2D eigenvalue weighted by Crippen LogP contribution is 2.78. The zero-order valence-corrected chi connectivity index (χ0v) is 34.2. The lowest BCUT2D eigenvalue weighted by molar-refractivity contribution is -0.175. The highest BCUT2D eigenvalue weighted by molar-refractivity contribution is 6.33. The fraction of sp³-hybridized carbons (Fsp3) is 0.458. The number of ether oxygens (including phenoxy) is 1. The minimum atomic E-state index is -4.60. The lowest BCUT2D eigenvalue weighted by atomic mass is 9.32. The van der Waals surface area contributed by atoms with Gasteiger partial charge in [-0.3, -0.25) is 4.79 Å².